The lowest BCUT2D eigenvalue weighted by Gasteiger charge is -2.40. The molecule has 1 aliphatic heterocycles. The quantitative estimate of drug-likeness (QED) is 0.359. The summed E-state index contributed by atoms with van der Waals surface area (Å²) in [6.07, 6.45) is -4.11. The number of halogens is 1. The topological polar surface area (TPSA) is 97.4 Å². The van der Waals surface area contributed by atoms with Crippen LogP contribution in [-0.2, 0) is 33.3 Å². The van der Waals surface area contributed by atoms with Crippen molar-refractivity contribution in [1.29, 1.82) is 0 Å². The molecule has 26 heavy (non-hydrogen) atoms. The van der Waals surface area contributed by atoms with E-state index in [1.807, 2.05) is 12.1 Å². The minimum absolute atomic E-state index is 0.0790. The lowest BCUT2D eigenvalue weighted by atomic mass is 10.0. The van der Waals surface area contributed by atoms with Crippen LogP contribution in [0, 0.1) is 3.57 Å². The molecule has 0 aliphatic carbocycles. The fourth-order valence-corrected chi connectivity index (χ4v) is 2.82. The summed E-state index contributed by atoms with van der Waals surface area (Å²) in [5, 5.41) is 0. The predicted molar refractivity (Wildman–Crippen MR) is 96.2 cm³/mol. The maximum absolute atomic E-state index is 11.5. The first-order valence-electron chi connectivity index (χ1n) is 7.81. The lowest BCUT2D eigenvalue weighted by molar-refractivity contribution is -0.259. The van der Waals surface area contributed by atoms with E-state index in [9.17, 15) is 14.4 Å². The third-order valence-electron chi connectivity index (χ3n) is 3.37. The Bertz CT molecular complexity index is 659. The molecule has 0 radical (unpaired) electrons. The number of carbonyl (C=O) groups excluding carboxylic acids is 3. The summed E-state index contributed by atoms with van der Waals surface area (Å²) in [4.78, 5) is 34.3. The minimum Gasteiger partial charge on any atom is -0.461 e. The maximum Gasteiger partial charge on any atom is 0.303 e. The zero-order chi connectivity index (χ0) is 19.3. The molecule has 0 saturated carbocycles. The van der Waals surface area contributed by atoms with E-state index in [-0.39, 0.29) is 6.61 Å². The molecule has 1 heterocycles. The molecule has 1 aromatic rings. The first kappa shape index (κ1) is 20.4. The standard InChI is InChI=1S/C17H19IO8/c1-9(19)23-14-8-22-17(26-13-6-4-12(18)5-7-13)16(25-11(3)21)15(14)24-10(2)20/h4-7,14-17H,8H2,1-3H3/t14-,15+,16-,17+/m1/s1. The minimum atomic E-state index is -1.10. The Labute approximate surface area is 164 Å². The Kier molecular flexibility index (Phi) is 7.21. The summed E-state index contributed by atoms with van der Waals surface area (Å²) in [5.74, 6) is -1.32. The number of ether oxygens (including phenoxy) is 5. The molecular weight excluding hydrogens is 459 g/mol. The summed E-state index contributed by atoms with van der Waals surface area (Å²) in [7, 11) is 0. The molecule has 1 fully saturated rings. The Hall–Kier alpha value is -1.88. The van der Waals surface area contributed by atoms with Gasteiger partial charge in [-0.15, -0.1) is 0 Å². The molecule has 8 nitrogen and oxygen atoms in total. The van der Waals surface area contributed by atoms with E-state index < -0.39 is 42.5 Å². The lowest BCUT2D eigenvalue weighted by Crippen LogP contribution is -2.59. The molecule has 0 bridgehead atoms. The van der Waals surface area contributed by atoms with Crippen molar-refractivity contribution >= 4 is 40.5 Å². The summed E-state index contributed by atoms with van der Waals surface area (Å²) in [6.45, 7) is 3.56. The number of rotatable bonds is 5. The maximum atomic E-state index is 11.5. The molecule has 1 aromatic carbocycles. The van der Waals surface area contributed by atoms with E-state index in [0.717, 1.165) is 3.57 Å². The number of hydrogen-bond acceptors (Lipinski definition) is 8. The zero-order valence-electron chi connectivity index (χ0n) is 14.5. The second kappa shape index (κ2) is 9.17. The zero-order valence-corrected chi connectivity index (χ0v) is 16.6. The van der Waals surface area contributed by atoms with Crippen LogP contribution in [0.3, 0.4) is 0 Å². The van der Waals surface area contributed by atoms with Gasteiger partial charge >= 0.3 is 17.9 Å². The number of carbonyl (C=O) groups is 3. The second-order valence-corrected chi connectivity index (χ2v) is 6.82. The van der Waals surface area contributed by atoms with E-state index in [1.54, 1.807) is 12.1 Å². The van der Waals surface area contributed by atoms with Crippen molar-refractivity contribution in [3.05, 3.63) is 27.8 Å². The molecule has 0 unspecified atom stereocenters. The van der Waals surface area contributed by atoms with Gasteiger partial charge in [-0.2, -0.15) is 0 Å². The molecule has 4 atom stereocenters. The molecule has 1 saturated heterocycles. The monoisotopic (exact) mass is 478 g/mol. The Morgan fingerprint density at radius 2 is 1.46 bits per heavy atom. The largest absolute Gasteiger partial charge is 0.461 e. The van der Waals surface area contributed by atoms with Crippen LogP contribution in [0.1, 0.15) is 20.8 Å². The molecule has 0 N–H and O–H groups in total. The molecular formula is C17H19IO8. The Balaban J connectivity index is 2.25. The van der Waals surface area contributed by atoms with Crippen LogP contribution in [-0.4, -0.2) is 49.1 Å². The summed E-state index contributed by atoms with van der Waals surface area (Å²) >= 11 is 2.16. The molecule has 0 aromatic heterocycles. The normalized spacial score (nSPS) is 25.1. The highest BCUT2D eigenvalue weighted by Crippen LogP contribution is 2.27. The van der Waals surface area contributed by atoms with Crippen LogP contribution >= 0.6 is 22.6 Å². The van der Waals surface area contributed by atoms with Crippen molar-refractivity contribution in [1.82, 2.24) is 0 Å². The summed E-state index contributed by atoms with van der Waals surface area (Å²) in [6, 6.07) is 7.14. The molecule has 9 heteroatoms. The van der Waals surface area contributed by atoms with E-state index in [0.29, 0.717) is 5.75 Å². The van der Waals surface area contributed by atoms with Crippen LogP contribution < -0.4 is 4.74 Å². The Morgan fingerprint density at radius 1 is 0.923 bits per heavy atom. The average molecular weight is 478 g/mol. The van der Waals surface area contributed by atoms with Crippen molar-refractivity contribution in [3.63, 3.8) is 0 Å². The second-order valence-electron chi connectivity index (χ2n) is 5.57. The van der Waals surface area contributed by atoms with E-state index >= 15 is 0 Å². The number of hydrogen-bond donors (Lipinski definition) is 0. The van der Waals surface area contributed by atoms with Crippen molar-refractivity contribution in [2.45, 2.75) is 45.4 Å². The first-order chi connectivity index (χ1) is 12.3. The predicted octanol–water partition coefficient (Wildman–Crippen LogP) is 1.82. The van der Waals surface area contributed by atoms with Gasteiger partial charge in [-0.05, 0) is 46.9 Å². The van der Waals surface area contributed by atoms with E-state index in [4.69, 9.17) is 23.7 Å². The van der Waals surface area contributed by atoms with Gasteiger partial charge in [-0.25, -0.2) is 0 Å². The summed E-state index contributed by atoms with van der Waals surface area (Å²) in [5.41, 5.74) is 0. The smallest absolute Gasteiger partial charge is 0.303 e. The van der Waals surface area contributed by atoms with Gasteiger partial charge in [0.05, 0.1) is 6.61 Å². The van der Waals surface area contributed by atoms with Gasteiger partial charge < -0.3 is 23.7 Å². The molecule has 1 aliphatic rings. The molecule has 0 amide bonds. The number of benzene rings is 1. The van der Waals surface area contributed by atoms with Gasteiger partial charge in [0.1, 0.15) is 5.75 Å². The van der Waals surface area contributed by atoms with E-state index in [1.165, 1.54) is 20.8 Å². The highest BCUT2D eigenvalue weighted by Gasteiger charge is 2.48. The van der Waals surface area contributed by atoms with Crippen LogP contribution in [0.2, 0.25) is 0 Å². The van der Waals surface area contributed by atoms with Gasteiger partial charge in [0.15, 0.2) is 12.2 Å². The fourth-order valence-electron chi connectivity index (χ4n) is 2.46. The fraction of sp³-hybridized carbons (Fsp3) is 0.471. The highest BCUT2D eigenvalue weighted by atomic mass is 127. The van der Waals surface area contributed by atoms with Gasteiger partial charge in [-0.3, -0.25) is 14.4 Å². The van der Waals surface area contributed by atoms with Gasteiger partial charge in [0, 0.05) is 24.3 Å². The number of esters is 3. The van der Waals surface area contributed by atoms with Crippen LogP contribution in [0.4, 0.5) is 0 Å². The Morgan fingerprint density at radius 3 is 2.00 bits per heavy atom. The van der Waals surface area contributed by atoms with Crippen LogP contribution in [0.15, 0.2) is 24.3 Å². The van der Waals surface area contributed by atoms with Gasteiger partial charge in [-0.1, -0.05) is 0 Å². The molecule has 2 rings (SSSR count). The first-order valence-corrected chi connectivity index (χ1v) is 8.89. The summed E-state index contributed by atoms with van der Waals surface area (Å²) < 4.78 is 28.0. The highest BCUT2D eigenvalue weighted by molar-refractivity contribution is 14.1. The third kappa shape index (κ3) is 5.84. The van der Waals surface area contributed by atoms with Crippen LogP contribution in [0.25, 0.3) is 0 Å². The van der Waals surface area contributed by atoms with Crippen molar-refractivity contribution < 1.29 is 38.1 Å². The molecule has 0 spiro atoms. The average Bonchev–Trinajstić information content (AvgIpc) is 2.53. The van der Waals surface area contributed by atoms with Crippen molar-refractivity contribution in [2.75, 3.05) is 6.61 Å². The van der Waals surface area contributed by atoms with E-state index in [2.05, 4.69) is 22.6 Å². The molecule has 142 valence electrons. The van der Waals surface area contributed by atoms with Crippen LogP contribution in [0.5, 0.6) is 5.75 Å². The van der Waals surface area contributed by atoms with Crippen molar-refractivity contribution in [2.24, 2.45) is 0 Å². The van der Waals surface area contributed by atoms with Crippen molar-refractivity contribution in [3.8, 4) is 5.75 Å². The van der Waals surface area contributed by atoms with Gasteiger partial charge in [0.25, 0.3) is 0 Å². The SMILES string of the molecule is CC(=O)O[C@@H]1[C@@H](OC(C)=O)[C@H](Oc2ccc(I)cc2)OC[C@H]1OC(C)=O. The third-order valence-corrected chi connectivity index (χ3v) is 4.09. The van der Waals surface area contributed by atoms with Gasteiger partial charge in [0.2, 0.25) is 12.4 Å².